The fourth-order valence-corrected chi connectivity index (χ4v) is 2.95. The van der Waals surface area contributed by atoms with Gasteiger partial charge in [-0.2, -0.15) is 0 Å². The van der Waals surface area contributed by atoms with Gasteiger partial charge in [-0.25, -0.2) is 0 Å². The van der Waals surface area contributed by atoms with E-state index in [0.29, 0.717) is 6.54 Å². The first-order valence-electron chi connectivity index (χ1n) is 9.21. The van der Waals surface area contributed by atoms with Crippen LogP contribution >= 0.6 is 0 Å². The number of benzene rings is 1. The molecule has 1 atom stereocenters. The van der Waals surface area contributed by atoms with E-state index in [-0.39, 0.29) is 11.8 Å². The molecule has 0 spiro atoms. The van der Waals surface area contributed by atoms with Crippen LogP contribution in [0.1, 0.15) is 45.1 Å². The maximum Gasteiger partial charge on any atom is 0.244 e. The molecule has 0 radical (unpaired) electrons. The SMILES string of the molecule is CCNC(=O)[C@H](C)NC(=O)/C=C/c1ccc(N2CCCCCC2)cc1. The summed E-state index contributed by atoms with van der Waals surface area (Å²) in [6.45, 7) is 6.32. The first-order valence-corrected chi connectivity index (χ1v) is 9.21. The third kappa shape index (κ3) is 6.25. The molecule has 0 saturated carbocycles. The van der Waals surface area contributed by atoms with Gasteiger partial charge in [-0.3, -0.25) is 9.59 Å². The highest BCUT2D eigenvalue weighted by molar-refractivity contribution is 5.95. The van der Waals surface area contributed by atoms with Crippen LogP contribution in [0.2, 0.25) is 0 Å². The standard InChI is InChI=1S/C20H29N3O2/c1-3-21-20(25)16(2)22-19(24)13-10-17-8-11-18(12-9-17)23-14-6-4-5-7-15-23/h8-13,16H,3-7,14-15H2,1-2H3,(H,21,25)(H,22,24)/b13-10+/t16-/m0/s1. The molecule has 1 fully saturated rings. The van der Waals surface area contributed by atoms with Crippen LogP contribution < -0.4 is 15.5 Å². The number of anilines is 1. The molecule has 2 rings (SSSR count). The predicted molar refractivity (Wildman–Crippen MR) is 102 cm³/mol. The molecule has 136 valence electrons. The topological polar surface area (TPSA) is 61.4 Å². The minimum absolute atomic E-state index is 0.175. The highest BCUT2D eigenvalue weighted by Gasteiger charge is 2.13. The molecule has 0 unspecified atom stereocenters. The molecule has 1 aromatic rings. The van der Waals surface area contributed by atoms with Crippen molar-refractivity contribution < 1.29 is 9.59 Å². The van der Waals surface area contributed by atoms with E-state index >= 15 is 0 Å². The molecular formula is C20H29N3O2. The van der Waals surface area contributed by atoms with Crippen LogP contribution in [-0.4, -0.2) is 37.5 Å². The molecule has 5 heteroatoms. The Labute approximate surface area is 150 Å². The monoisotopic (exact) mass is 343 g/mol. The molecule has 1 saturated heterocycles. The van der Waals surface area contributed by atoms with Gasteiger partial charge in [0.2, 0.25) is 11.8 Å². The second kappa shape index (κ2) is 9.87. The number of amides is 2. The van der Waals surface area contributed by atoms with Crippen molar-refractivity contribution >= 4 is 23.6 Å². The zero-order valence-corrected chi connectivity index (χ0v) is 15.3. The van der Waals surface area contributed by atoms with Crippen LogP contribution in [0, 0.1) is 0 Å². The Kier molecular flexibility index (Phi) is 7.51. The Morgan fingerprint density at radius 3 is 2.36 bits per heavy atom. The van der Waals surface area contributed by atoms with Crippen molar-refractivity contribution in [3.05, 3.63) is 35.9 Å². The molecule has 2 N–H and O–H groups in total. The molecule has 0 aliphatic carbocycles. The third-order valence-electron chi connectivity index (χ3n) is 4.39. The zero-order chi connectivity index (χ0) is 18.1. The van der Waals surface area contributed by atoms with Crippen LogP contribution in [0.5, 0.6) is 0 Å². The van der Waals surface area contributed by atoms with Crippen molar-refractivity contribution in [2.75, 3.05) is 24.5 Å². The number of hydrogen-bond acceptors (Lipinski definition) is 3. The minimum atomic E-state index is -0.539. The van der Waals surface area contributed by atoms with Gasteiger partial charge in [0.25, 0.3) is 0 Å². The van der Waals surface area contributed by atoms with Gasteiger partial charge >= 0.3 is 0 Å². The summed E-state index contributed by atoms with van der Waals surface area (Å²) < 4.78 is 0. The second-order valence-electron chi connectivity index (χ2n) is 6.45. The molecule has 1 aliphatic rings. The van der Waals surface area contributed by atoms with Gasteiger partial charge in [-0.15, -0.1) is 0 Å². The maximum absolute atomic E-state index is 11.9. The van der Waals surface area contributed by atoms with E-state index in [2.05, 4.69) is 27.7 Å². The van der Waals surface area contributed by atoms with E-state index in [4.69, 9.17) is 0 Å². The summed E-state index contributed by atoms with van der Waals surface area (Å²) >= 11 is 0. The summed E-state index contributed by atoms with van der Waals surface area (Å²) in [5, 5.41) is 5.34. The summed E-state index contributed by atoms with van der Waals surface area (Å²) in [5.74, 6) is -0.443. The number of nitrogens with zero attached hydrogens (tertiary/aromatic N) is 1. The Bertz CT molecular complexity index is 587. The van der Waals surface area contributed by atoms with Crippen LogP contribution in [0.15, 0.2) is 30.3 Å². The number of nitrogens with one attached hydrogen (secondary N) is 2. The van der Waals surface area contributed by atoms with E-state index in [0.717, 1.165) is 18.7 Å². The highest BCUT2D eigenvalue weighted by atomic mass is 16.2. The third-order valence-corrected chi connectivity index (χ3v) is 4.39. The average molecular weight is 343 g/mol. The van der Waals surface area contributed by atoms with Crippen molar-refractivity contribution in [1.82, 2.24) is 10.6 Å². The van der Waals surface area contributed by atoms with Gasteiger partial charge in [0.05, 0.1) is 0 Å². The van der Waals surface area contributed by atoms with Crippen LogP contribution in [0.3, 0.4) is 0 Å². The number of hydrogen-bond donors (Lipinski definition) is 2. The Morgan fingerprint density at radius 2 is 1.76 bits per heavy atom. The maximum atomic E-state index is 11.9. The number of likely N-dealkylation sites (N-methyl/N-ethyl adjacent to an activating group) is 1. The Hall–Kier alpha value is -2.30. The Morgan fingerprint density at radius 1 is 1.12 bits per heavy atom. The van der Waals surface area contributed by atoms with Crippen LogP contribution in [0.25, 0.3) is 6.08 Å². The van der Waals surface area contributed by atoms with E-state index in [1.54, 1.807) is 13.0 Å². The average Bonchev–Trinajstić information content (AvgIpc) is 2.90. The first kappa shape index (κ1) is 19.0. The van der Waals surface area contributed by atoms with Crippen molar-refractivity contribution in [1.29, 1.82) is 0 Å². The van der Waals surface area contributed by atoms with Crippen LogP contribution in [0.4, 0.5) is 5.69 Å². The lowest BCUT2D eigenvalue weighted by atomic mass is 10.1. The predicted octanol–water partition coefficient (Wildman–Crippen LogP) is 2.72. The lowest BCUT2D eigenvalue weighted by Crippen LogP contribution is -2.44. The molecular weight excluding hydrogens is 314 g/mol. The van der Waals surface area contributed by atoms with E-state index in [9.17, 15) is 9.59 Å². The van der Waals surface area contributed by atoms with Crippen LogP contribution in [-0.2, 0) is 9.59 Å². The summed E-state index contributed by atoms with van der Waals surface area (Å²) in [5.41, 5.74) is 2.22. The van der Waals surface area contributed by atoms with E-state index in [1.165, 1.54) is 37.4 Å². The zero-order valence-electron chi connectivity index (χ0n) is 15.3. The van der Waals surface area contributed by atoms with Gasteiger partial charge in [0.1, 0.15) is 6.04 Å². The molecule has 5 nitrogen and oxygen atoms in total. The summed E-state index contributed by atoms with van der Waals surface area (Å²) in [4.78, 5) is 25.9. The van der Waals surface area contributed by atoms with Gasteiger partial charge in [0, 0.05) is 31.4 Å². The molecule has 2 amide bonds. The molecule has 25 heavy (non-hydrogen) atoms. The fourth-order valence-electron chi connectivity index (χ4n) is 2.95. The molecule has 0 aromatic heterocycles. The van der Waals surface area contributed by atoms with E-state index < -0.39 is 6.04 Å². The molecule has 0 bridgehead atoms. The van der Waals surface area contributed by atoms with Crippen molar-refractivity contribution in [2.24, 2.45) is 0 Å². The van der Waals surface area contributed by atoms with Gasteiger partial charge in [0.15, 0.2) is 0 Å². The largest absolute Gasteiger partial charge is 0.372 e. The van der Waals surface area contributed by atoms with E-state index in [1.807, 2.05) is 19.1 Å². The fraction of sp³-hybridized carbons (Fsp3) is 0.500. The van der Waals surface area contributed by atoms with Crippen molar-refractivity contribution in [3.8, 4) is 0 Å². The lowest BCUT2D eigenvalue weighted by Gasteiger charge is -2.22. The summed E-state index contributed by atoms with van der Waals surface area (Å²) in [6, 6.07) is 7.73. The first-order chi connectivity index (χ1) is 12.1. The van der Waals surface area contributed by atoms with Crippen molar-refractivity contribution in [3.63, 3.8) is 0 Å². The van der Waals surface area contributed by atoms with Gasteiger partial charge in [-0.1, -0.05) is 25.0 Å². The Balaban J connectivity index is 1.88. The van der Waals surface area contributed by atoms with Gasteiger partial charge in [-0.05, 0) is 50.5 Å². The number of carbonyl (C=O) groups excluding carboxylic acids is 2. The van der Waals surface area contributed by atoms with Crippen molar-refractivity contribution in [2.45, 2.75) is 45.6 Å². The number of rotatable bonds is 6. The summed E-state index contributed by atoms with van der Waals surface area (Å²) in [6.07, 6.45) is 8.39. The summed E-state index contributed by atoms with van der Waals surface area (Å²) in [7, 11) is 0. The second-order valence-corrected chi connectivity index (χ2v) is 6.45. The smallest absolute Gasteiger partial charge is 0.244 e. The normalized spacial score (nSPS) is 16.3. The lowest BCUT2D eigenvalue weighted by molar-refractivity contribution is -0.126. The van der Waals surface area contributed by atoms with Gasteiger partial charge < -0.3 is 15.5 Å². The molecule has 1 aliphatic heterocycles. The minimum Gasteiger partial charge on any atom is -0.372 e. The molecule has 1 aromatic carbocycles. The molecule has 1 heterocycles. The quantitative estimate of drug-likeness (QED) is 0.781. The number of carbonyl (C=O) groups is 2. The highest BCUT2D eigenvalue weighted by Crippen LogP contribution is 2.20.